The second-order valence-corrected chi connectivity index (χ2v) is 3.59. The van der Waals surface area contributed by atoms with Gasteiger partial charge in [-0.05, 0) is 25.5 Å². The van der Waals surface area contributed by atoms with Crippen molar-refractivity contribution in [3.8, 4) is 5.75 Å². The van der Waals surface area contributed by atoms with E-state index in [0.29, 0.717) is 19.4 Å². The van der Waals surface area contributed by atoms with Crippen LogP contribution in [0.2, 0.25) is 5.02 Å². The van der Waals surface area contributed by atoms with E-state index in [1.165, 1.54) is 6.07 Å². The molecule has 0 fully saturated rings. The molecule has 0 aliphatic carbocycles. The van der Waals surface area contributed by atoms with Crippen molar-refractivity contribution < 1.29 is 14.4 Å². The van der Waals surface area contributed by atoms with Crippen LogP contribution in [0.1, 0.15) is 12.0 Å². The van der Waals surface area contributed by atoms with Crippen molar-refractivity contribution in [3.05, 3.63) is 32.6 Å². The Morgan fingerprint density at radius 3 is 2.75 bits per heavy atom. The molecule has 3 N–H and O–H groups in total. The molecule has 0 amide bonds. The second-order valence-electron chi connectivity index (χ2n) is 3.18. The van der Waals surface area contributed by atoms with E-state index in [9.17, 15) is 19.6 Å². The number of rotatable bonds is 4. The molecule has 88 valence electrons. The highest BCUT2D eigenvalue weighted by atomic mass is 35.5. The fraction of sp³-hybridized carbons (Fsp3) is 0.333. The number of aromatic hydroxyl groups is 1. The molecule has 0 aliphatic rings. The van der Waals surface area contributed by atoms with Crippen LogP contribution in [0.3, 0.4) is 0 Å². The van der Waals surface area contributed by atoms with Crippen molar-refractivity contribution in [2.75, 3.05) is 6.54 Å². The highest BCUT2D eigenvalue weighted by molar-refractivity contribution is 6.31. The molecule has 5 nitrogen and oxygen atoms in total. The minimum absolute atomic E-state index is 0.226. The molecule has 0 aromatic heterocycles. The van der Waals surface area contributed by atoms with Crippen LogP contribution in [0, 0.1) is 15.9 Å². The van der Waals surface area contributed by atoms with Crippen molar-refractivity contribution in [1.29, 1.82) is 0 Å². The fourth-order valence-corrected chi connectivity index (χ4v) is 1.52. The van der Waals surface area contributed by atoms with Crippen LogP contribution in [-0.4, -0.2) is 16.6 Å². The van der Waals surface area contributed by atoms with E-state index in [2.05, 4.69) is 0 Å². The molecular formula is C9H10ClFN2O3. The lowest BCUT2D eigenvalue weighted by atomic mass is 10.1. The zero-order valence-corrected chi connectivity index (χ0v) is 9.00. The van der Waals surface area contributed by atoms with Crippen LogP contribution in [0.25, 0.3) is 0 Å². The largest absolute Gasteiger partial charge is 0.502 e. The summed E-state index contributed by atoms with van der Waals surface area (Å²) in [5, 5.41) is 19.7. The Hall–Kier alpha value is -1.40. The maximum atomic E-state index is 13.3. The van der Waals surface area contributed by atoms with Gasteiger partial charge < -0.3 is 10.8 Å². The number of benzene rings is 1. The number of nitrogens with two attached hydrogens (primary N) is 1. The topological polar surface area (TPSA) is 89.4 Å². The van der Waals surface area contributed by atoms with Crippen LogP contribution in [0.4, 0.5) is 10.1 Å². The molecule has 1 aromatic carbocycles. The summed E-state index contributed by atoms with van der Waals surface area (Å²) in [5.41, 5.74) is 4.51. The minimum atomic E-state index is -1.22. The molecular weight excluding hydrogens is 239 g/mol. The van der Waals surface area contributed by atoms with Crippen LogP contribution in [0.15, 0.2) is 6.07 Å². The fourth-order valence-electron chi connectivity index (χ4n) is 1.30. The number of nitro groups is 1. The summed E-state index contributed by atoms with van der Waals surface area (Å²) in [4.78, 5) is 9.55. The molecule has 0 radical (unpaired) electrons. The Kier molecular flexibility index (Phi) is 4.03. The summed E-state index contributed by atoms with van der Waals surface area (Å²) >= 11 is 5.49. The van der Waals surface area contributed by atoms with E-state index in [1.54, 1.807) is 0 Å². The van der Waals surface area contributed by atoms with Crippen molar-refractivity contribution in [1.82, 2.24) is 0 Å². The van der Waals surface area contributed by atoms with Gasteiger partial charge in [0, 0.05) is 5.56 Å². The molecule has 0 saturated carbocycles. The molecule has 0 bridgehead atoms. The Bertz CT molecular complexity index is 426. The summed E-state index contributed by atoms with van der Waals surface area (Å²) in [5.74, 6) is -1.90. The average Bonchev–Trinajstić information content (AvgIpc) is 2.21. The van der Waals surface area contributed by atoms with Gasteiger partial charge in [-0.15, -0.1) is 0 Å². The second kappa shape index (κ2) is 5.09. The number of nitro benzene ring substituents is 1. The molecule has 16 heavy (non-hydrogen) atoms. The molecule has 1 rings (SSSR count). The van der Waals surface area contributed by atoms with Gasteiger partial charge in [0.05, 0.1) is 9.95 Å². The normalized spacial score (nSPS) is 10.4. The first kappa shape index (κ1) is 12.7. The van der Waals surface area contributed by atoms with Gasteiger partial charge in [0.2, 0.25) is 11.6 Å². The van der Waals surface area contributed by atoms with Crippen LogP contribution in [0.5, 0.6) is 5.75 Å². The van der Waals surface area contributed by atoms with E-state index in [4.69, 9.17) is 17.3 Å². The number of hydrogen-bond acceptors (Lipinski definition) is 4. The average molecular weight is 249 g/mol. The quantitative estimate of drug-likeness (QED) is 0.630. The zero-order valence-electron chi connectivity index (χ0n) is 8.24. The van der Waals surface area contributed by atoms with Gasteiger partial charge >= 0.3 is 5.69 Å². The third-order valence-corrected chi connectivity index (χ3v) is 2.35. The summed E-state index contributed by atoms with van der Waals surface area (Å²) in [7, 11) is 0. The predicted octanol–water partition coefficient (Wildman–Crippen LogP) is 1.98. The number of nitrogens with zero attached hydrogens (tertiary/aromatic N) is 1. The Morgan fingerprint density at radius 2 is 2.25 bits per heavy atom. The maximum absolute atomic E-state index is 13.3. The number of halogens is 2. The summed E-state index contributed by atoms with van der Waals surface area (Å²) in [6.45, 7) is 0.363. The monoisotopic (exact) mass is 248 g/mol. The van der Waals surface area contributed by atoms with Crippen LogP contribution >= 0.6 is 11.6 Å². The lowest BCUT2D eigenvalue weighted by Gasteiger charge is -2.06. The summed E-state index contributed by atoms with van der Waals surface area (Å²) in [6.07, 6.45) is 0.829. The van der Waals surface area contributed by atoms with Gasteiger partial charge in [-0.2, -0.15) is 4.39 Å². The van der Waals surface area contributed by atoms with Crippen LogP contribution < -0.4 is 5.73 Å². The van der Waals surface area contributed by atoms with Gasteiger partial charge in [-0.3, -0.25) is 10.1 Å². The first-order valence-electron chi connectivity index (χ1n) is 4.53. The smallest absolute Gasteiger partial charge is 0.347 e. The van der Waals surface area contributed by atoms with E-state index >= 15 is 0 Å². The molecule has 0 heterocycles. The first-order valence-corrected chi connectivity index (χ1v) is 4.91. The minimum Gasteiger partial charge on any atom is -0.502 e. The number of hydrogen-bond donors (Lipinski definition) is 2. The van der Waals surface area contributed by atoms with Crippen molar-refractivity contribution in [2.45, 2.75) is 12.8 Å². The van der Waals surface area contributed by atoms with E-state index < -0.39 is 22.2 Å². The molecule has 0 unspecified atom stereocenters. The lowest BCUT2D eigenvalue weighted by Crippen LogP contribution is -2.02. The number of phenolic OH excluding ortho intramolecular Hbond substituents is 1. The maximum Gasteiger partial charge on any atom is 0.347 e. The highest BCUT2D eigenvalue weighted by Crippen LogP contribution is 2.37. The Balaban J connectivity index is 3.27. The number of aryl methyl sites for hydroxylation is 1. The van der Waals surface area contributed by atoms with Gasteiger partial charge in [-0.1, -0.05) is 11.6 Å². The standard InChI is InChI=1S/C9H10ClFN2O3/c10-6-4-5(2-1-3-12)9(14)8(7(6)11)13(15)16/h4,14H,1-3,12H2. The Labute approximate surface area is 95.8 Å². The molecule has 0 atom stereocenters. The first-order chi connectivity index (χ1) is 7.49. The summed E-state index contributed by atoms with van der Waals surface area (Å²) in [6, 6.07) is 1.18. The van der Waals surface area contributed by atoms with Gasteiger partial charge in [0.1, 0.15) is 0 Å². The van der Waals surface area contributed by atoms with Crippen LogP contribution in [-0.2, 0) is 6.42 Å². The van der Waals surface area contributed by atoms with E-state index in [0.717, 1.165) is 0 Å². The van der Waals surface area contributed by atoms with Crippen molar-refractivity contribution in [3.63, 3.8) is 0 Å². The molecule has 7 heteroatoms. The number of phenols is 1. The molecule has 0 saturated heterocycles. The molecule has 1 aromatic rings. The summed E-state index contributed by atoms with van der Waals surface area (Å²) < 4.78 is 13.3. The third kappa shape index (κ3) is 2.40. The van der Waals surface area contributed by atoms with Gasteiger partial charge in [0.15, 0.2) is 0 Å². The van der Waals surface area contributed by atoms with Gasteiger partial charge in [-0.25, -0.2) is 0 Å². The highest BCUT2D eigenvalue weighted by Gasteiger charge is 2.26. The van der Waals surface area contributed by atoms with E-state index in [-0.39, 0.29) is 10.6 Å². The molecule has 0 aliphatic heterocycles. The SMILES string of the molecule is NCCCc1cc(Cl)c(F)c([N+](=O)[O-])c1O. The zero-order chi connectivity index (χ0) is 12.3. The van der Waals surface area contributed by atoms with Crippen molar-refractivity contribution >= 4 is 17.3 Å². The van der Waals surface area contributed by atoms with E-state index in [1.807, 2.05) is 0 Å². The lowest BCUT2D eigenvalue weighted by molar-refractivity contribution is -0.388. The van der Waals surface area contributed by atoms with Crippen molar-refractivity contribution in [2.24, 2.45) is 5.73 Å². The Morgan fingerprint density at radius 1 is 1.62 bits per heavy atom. The van der Waals surface area contributed by atoms with Gasteiger partial charge in [0.25, 0.3) is 0 Å². The third-order valence-electron chi connectivity index (χ3n) is 2.08. The predicted molar refractivity (Wildman–Crippen MR) is 57.1 cm³/mol. The molecule has 0 spiro atoms.